The topological polar surface area (TPSA) is 110 Å². The number of nitrogens with zero attached hydrogens (tertiary/aromatic N) is 4. The van der Waals surface area contributed by atoms with Gasteiger partial charge in [0, 0.05) is 26.3 Å². The lowest BCUT2D eigenvalue weighted by Gasteiger charge is -2.41. The zero-order valence-corrected chi connectivity index (χ0v) is 18.1. The van der Waals surface area contributed by atoms with Crippen LogP contribution >= 0.6 is 0 Å². The maximum atomic E-state index is 13.5. The minimum absolute atomic E-state index is 0.135. The highest BCUT2D eigenvalue weighted by Crippen LogP contribution is 2.34. The quantitative estimate of drug-likeness (QED) is 0.632. The maximum Gasteiger partial charge on any atom is 0.257 e. The predicted molar refractivity (Wildman–Crippen MR) is 115 cm³/mol. The summed E-state index contributed by atoms with van der Waals surface area (Å²) in [7, 11) is 1.61. The number of rotatable bonds is 6. The molecule has 4 rings (SSSR count). The van der Waals surface area contributed by atoms with E-state index in [-0.39, 0.29) is 25.0 Å². The molecule has 2 amide bonds. The molecule has 1 saturated heterocycles. The number of amides is 2. The largest absolute Gasteiger partial charge is 0.486 e. The lowest BCUT2D eigenvalue weighted by Crippen LogP contribution is -2.56. The van der Waals surface area contributed by atoms with Crippen molar-refractivity contribution < 1.29 is 19.0 Å². The van der Waals surface area contributed by atoms with E-state index >= 15 is 0 Å². The molecule has 3 aromatic rings. The number of carbonyl (C=O) groups is 2. The zero-order chi connectivity index (χ0) is 22.6. The smallest absolute Gasteiger partial charge is 0.257 e. The zero-order valence-electron chi connectivity index (χ0n) is 18.1. The van der Waals surface area contributed by atoms with E-state index in [1.165, 1.54) is 0 Å². The van der Waals surface area contributed by atoms with Crippen molar-refractivity contribution in [2.24, 2.45) is 0 Å². The lowest BCUT2D eigenvalue weighted by molar-refractivity contribution is -0.128. The number of piperidine rings is 1. The molecule has 1 unspecified atom stereocenters. The minimum atomic E-state index is -0.900. The van der Waals surface area contributed by atoms with E-state index in [9.17, 15) is 9.59 Å². The van der Waals surface area contributed by atoms with Crippen molar-refractivity contribution >= 4 is 11.8 Å². The average molecular weight is 435 g/mol. The molecule has 1 N–H and O–H groups in total. The van der Waals surface area contributed by atoms with Crippen molar-refractivity contribution in [1.29, 1.82) is 0 Å². The molecule has 0 aliphatic carbocycles. The van der Waals surface area contributed by atoms with Crippen LogP contribution in [0.25, 0.3) is 0 Å². The molecule has 166 valence electrons. The Hall–Kier alpha value is -3.75. The monoisotopic (exact) mass is 435 g/mol. The Balaban J connectivity index is 1.59. The number of benzene rings is 1. The molecular weight excluding hydrogens is 410 g/mol. The highest BCUT2D eigenvalue weighted by Gasteiger charge is 2.45. The van der Waals surface area contributed by atoms with Gasteiger partial charge in [-0.25, -0.2) is 4.63 Å². The number of likely N-dealkylation sites (N-methyl/N-ethyl adjacent to an activating group) is 1. The summed E-state index contributed by atoms with van der Waals surface area (Å²) >= 11 is 0. The van der Waals surface area contributed by atoms with Gasteiger partial charge in [0.2, 0.25) is 5.91 Å². The molecule has 0 saturated carbocycles. The molecule has 1 aliphatic rings. The second-order valence-corrected chi connectivity index (χ2v) is 7.79. The molecule has 1 fully saturated rings. The van der Waals surface area contributed by atoms with E-state index in [0.717, 1.165) is 0 Å². The van der Waals surface area contributed by atoms with E-state index in [4.69, 9.17) is 9.37 Å². The number of nitrogens with one attached hydrogen (secondary N) is 1. The average Bonchev–Trinajstić information content (AvgIpc) is 3.27. The lowest BCUT2D eigenvalue weighted by atomic mass is 9.75. The number of aryl methyl sites for hydroxylation is 1. The van der Waals surface area contributed by atoms with Gasteiger partial charge in [-0.1, -0.05) is 28.5 Å². The predicted octanol–water partition coefficient (Wildman–Crippen LogP) is 2.27. The molecule has 1 aromatic carbocycles. The van der Waals surface area contributed by atoms with Gasteiger partial charge in [0.25, 0.3) is 5.91 Å². The summed E-state index contributed by atoms with van der Waals surface area (Å²) in [5.41, 5.74) is 1.39. The molecular formula is C23H25N5O4. The van der Waals surface area contributed by atoms with E-state index in [1.54, 1.807) is 49.3 Å². The summed E-state index contributed by atoms with van der Waals surface area (Å²) in [6.45, 7) is 2.69. The van der Waals surface area contributed by atoms with Crippen molar-refractivity contribution in [2.75, 3.05) is 20.1 Å². The standard InChI is InChI=1S/C23H25N5O4/c1-16-18(27-32-26-16)14-31-19-9-4-3-8-17(19)21(29)28-13-7-11-23(15-28,22(30)24-2)20-10-5-6-12-25-20/h3-6,8-10,12H,7,11,13-15H2,1-2H3,(H,24,30). The van der Waals surface area contributed by atoms with Crippen LogP contribution in [-0.2, 0) is 16.8 Å². The Labute approximate surface area is 185 Å². The van der Waals surface area contributed by atoms with E-state index < -0.39 is 5.41 Å². The summed E-state index contributed by atoms with van der Waals surface area (Å²) in [5, 5.41) is 10.3. The fraction of sp³-hybridized carbons (Fsp3) is 0.348. The summed E-state index contributed by atoms with van der Waals surface area (Å²) in [5.74, 6) is 0.0978. The molecule has 9 nitrogen and oxygen atoms in total. The van der Waals surface area contributed by atoms with Gasteiger partial charge in [-0.15, -0.1) is 0 Å². The van der Waals surface area contributed by atoms with E-state index in [1.807, 2.05) is 18.2 Å². The summed E-state index contributed by atoms with van der Waals surface area (Å²) in [6.07, 6.45) is 2.97. The SMILES string of the molecule is CNC(=O)C1(c2ccccn2)CCCN(C(=O)c2ccccc2OCc2nonc2C)C1. The second kappa shape index (κ2) is 9.17. The first-order valence-electron chi connectivity index (χ1n) is 10.5. The molecule has 2 aromatic heterocycles. The number of hydrogen-bond donors (Lipinski definition) is 1. The molecule has 1 aliphatic heterocycles. The maximum absolute atomic E-state index is 13.5. The molecule has 9 heteroatoms. The van der Waals surface area contributed by atoms with Crippen LogP contribution in [0.3, 0.4) is 0 Å². The molecule has 0 spiro atoms. The highest BCUT2D eigenvalue weighted by molar-refractivity contribution is 5.98. The number of hydrogen-bond acceptors (Lipinski definition) is 7. The fourth-order valence-electron chi connectivity index (χ4n) is 4.09. The molecule has 1 atom stereocenters. The van der Waals surface area contributed by atoms with Crippen LogP contribution in [0.1, 0.15) is 40.3 Å². The third-order valence-electron chi connectivity index (χ3n) is 5.82. The van der Waals surface area contributed by atoms with Crippen LogP contribution in [0, 0.1) is 6.92 Å². The van der Waals surface area contributed by atoms with Gasteiger partial charge in [-0.2, -0.15) is 0 Å². The van der Waals surface area contributed by atoms with Crippen molar-refractivity contribution in [2.45, 2.75) is 31.8 Å². The van der Waals surface area contributed by atoms with Gasteiger partial charge >= 0.3 is 0 Å². The van der Waals surface area contributed by atoms with Gasteiger partial charge in [-0.05, 0) is 44.0 Å². The summed E-state index contributed by atoms with van der Waals surface area (Å²) in [4.78, 5) is 32.7. The van der Waals surface area contributed by atoms with E-state index in [0.29, 0.717) is 47.8 Å². The summed E-state index contributed by atoms with van der Waals surface area (Å²) < 4.78 is 10.6. The van der Waals surface area contributed by atoms with Gasteiger partial charge in [0.15, 0.2) is 0 Å². The van der Waals surface area contributed by atoms with Crippen molar-refractivity contribution in [1.82, 2.24) is 25.5 Å². The number of para-hydroxylation sites is 1. The molecule has 32 heavy (non-hydrogen) atoms. The first kappa shape index (κ1) is 21.5. The van der Waals surface area contributed by atoms with Gasteiger partial charge in [0.1, 0.15) is 29.2 Å². The van der Waals surface area contributed by atoms with Crippen LogP contribution in [0.15, 0.2) is 53.3 Å². The third-order valence-corrected chi connectivity index (χ3v) is 5.82. The number of carbonyl (C=O) groups excluding carboxylic acids is 2. The third kappa shape index (κ3) is 4.05. The first-order chi connectivity index (χ1) is 15.5. The van der Waals surface area contributed by atoms with Gasteiger partial charge in [0.05, 0.1) is 11.3 Å². The Morgan fingerprint density at radius 1 is 1.19 bits per heavy atom. The Morgan fingerprint density at radius 2 is 2.00 bits per heavy atom. The number of ether oxygens (including phenoxy) is 1. The second-order valence-electron chi connectivity index (χ2n) is 7.79. The molecule has 0 bridgehead atoms. The van der Waals surface area contributed by atoms with Crippen LogP contribution in [0.2, 0.25) is 0 Å². The Bertz CT molecular complexity index is 1100. The van der Waals surface area contributed by atoms with Gasteiger partial charge in [-0.3, -0.25) is 14.6 Å². The highest BCUT2D eigenvalue weighted by atomic mass is 16.6. The molecule has 0 radical (unpaired) electrons. The minimum Gasteiger partial charge on any atom is -0.486 e. The van der Waals surface area contributed by atoms with Crippen LogP contribution in [0.5, 0.6) is 5.75 Å². The van der Waals surface area contributed by atoms with Crippen LogP contribution in [0.4, 0.5) is 0 Å². The normalized spacial score (nSPS) is 18.2. The number of aromatic nitrogens is 3. The van der Waals surface area contributed by atoms with Crippen molar-refractivity contribution in [3.05, 3.63) is 71.3 Å². The molecule has 3 heterocycles. The van der Waals surface area contributed by atoms with Crippen LogP contribution < -0.4 is 10.1 Å². The fourth-order valence-corrected chi connectivity index (χ4v) is 4.09. The Morgan fingerprint density at radius 3 is 2.72 bits per heavy atom. The van der Waals surface area contributed by atoms with Crippen molar-refractivity contribution in [3.63, 3.8) is 0 Å². The number of likely N-dealkylation sites (tertiary alicyclic amines) is 1. The summed E-state index contributed by atoms with van der Waals surface area (Å²) in [6, 6.07) is 12.6. The van der Waals surface area contributed by atoms with Gasteiger partial charge < -0.3 is 15.0 Å². The van der Waals surface area contributed by atoms with E-state index in [2.05, 4.69) is 20.6 Å². The Kier molecular flexibility index (Phi) is 6.16. The van der Waals surface area contributed by atoms with Crippen molar-refractivity contribution in [3.8, 4) is 5.75 Å². The number of pyridine rings is 1. The first-order valence-corrected chi connectivity index (χ1v) is 10.5. The van der Waals surface area contributed by atoms with Crippen LogP contribution in [-0.4, -0.2) is 52.1 Å².